The number of rotatable bonds is 5. The van der Waals surface area contributed by atoms with Crippen LogP contribution in [0.5, 0.6) is 0 Å². The molecule has 26 heavy (non-hydrogen) atoms. The maximum absolute atomic E-state index is 12.3. The normalized spacial score (nSPS) is 23.3. The van der Waals surface area contributed by atoms with E-state index >= 15 is 0 Å². The van der Waals surface area contributed by atoms with Crippen LogP contribution in [0.3, 0.4) is 0 Å². The fourth-order valence-corrected chi connectivity index (χ4v) is 3.80. The minimum Gasteiger partial charge on any atom is -0.378 e. The predicted molar refractivity (Wildman–Crippen MR) is 108 cm³/mol. The van der Waals surface area contributed by atoms with Crippen molar-refractivity contribution in [1.82, 2.24) is 0 Å². The van der Waals surface area contributed by atoms with Crippen molar-refractivity contribution in [3.8, 4) is 0 Å². The van der Waals surface area contributed by atoms with Gasteiger partial charge in [-0.2, -0.15) is 0 Å². The van der Waals surface area contributed by atoms with Crippen molar-refractivity contribution in [2.24, 2.45) is 11.3 Å². The van der Waals surface area contributed by atoms with Gasteiger partial charge in [0.25, 0.3) is 0 Å². The van der Waals surface area contributed by atoms with Crippen LogP contribution in [0.2, 0.25) is 0 Å². The summed E-state index contributed by atoms with van der Waals surface area (Å²) in [5.41, 5.74) is 3.49. The van der Waals surface area contributed by atoms with Gasteiger partial charge in [-0.1, -0.05) is 27.2 Å². The molecule has 0 unspecified atom stereocenters. The third kappa shape index (κ3) is 4.47. The molecule has 0 bridgehead atoms. The SMILES string of the molecule is CCC(C)(C)[C@H]1CCC(=O)/C(=C/Nc2ccc(N3CCOCC3)cc2)C1. The highest BCUT2D eigenvalue weighted by Gasteiger charge is 2.33. The zero-order chi connectivity index (χ0) is 18.6. The van der Waals surface area contributed by atoms with E-state index in [1.54, 1.807) is 0 Å². The van der Waals surface area contributed by atoms with Gasteiger partial charge in [0.1, 0.15) is 0 Å². The summed E-state index contributed by atoms with van der Waals surface area (Å²) in [4.78, 5) is 14.7. The number of allylic oxidation sites excluding steroid dienone is 1. The van der Waals surface area contributed by atoms with Crippen molar-refractivity contribution < 1.29 is 9.53 Å². The summed E-state index contributed by atoms with van der Waals surface area (Å²) in [5.74, 6) is 0.882. The molecule has 1 aromatic carbocycles. The molecule has 142 valence electrons. The maximum Gasteiger partial charge on any atom is 0.160 e. The Bertz CT molecular complexity index is 643. The van der Waals surface area contributed by atoms with E-state index in [4.69, 9.17) is 4.74 Å². The fourth-order valence-electron chi connectivity index (χ4n) is 3.80. The summed E-state index contributed by atoms with van der Waals surface area (Å²) >= 11 is 0. The van der Waals surface area contributed by atoms with Crippen molar-refractivity contribution >= 4 is 17.2 Å². The molecule has 0 aromatic heterocycles. The second kappa shape index (κ2) is 8.26. The van der Waals surface area contributed by atoms with Crippen LogP contribution in [0.4, 0.5) is 11.4 Å². The van der Waals surface area contributed by atoms with Gasteiger partial charge in [-0.25, -0.2) is 0 Å². The number of ether oxygens (including phenoxy) is 1. The molecule has 0 radical (unpaired) electrons. The molecule has 0 spiro atoms. The second-order valence-corrected chi connectivity index (χ2v) is 8.17. The van der Waals surface area contributed by atoms with Gasteiger partial charge in [0.2, 0.25) is 0 Å². The van der Waals surface area contributed by atoms with E-state index in [-0.39, 0.29) is 0 Å². The van der Waals surface area contributed by atoms with E-state index in [0.29, 0.717) is 23.5 Å². The average molecular weight is 357 g/mol. The monoisotopic (exact) mass is 356 g/mol. The van der Waals surface area contributed by atoms with Crippen LogP contribution in [0.15, 0.2) is 36.0 Å². The first-order valence-electron chi connectivity index (χ1n) is 9.91. The van der Waals surface area contributed by atoms with Crippen molar-refractivity contribution in [2.75, 3.05) is 36.5 Å². The lowest BCUT2D eigenvalue weighted by Gasteiger charge is -2.36. The smallest absolute Gasteiger partial charge is 0.160 e. The molecule has 1 N–H and O–H groups in total. The Labute approximate surface area is 157 Å². The first-order valence-corrected chi connectivity index (χ1v) is 9.91. The highest BCUT2D eigenvalue weighted by molar-refractivity contribution is 5.96. The molecule has 1 aromatic rings. The lowest BCUT2D eigenvalue weighted by molar-refractivity contribution is -0.117. The topological polar surface area (TPSA) is 41.6 Å². The Morgan fingerprint density at radius 1 is 1.23 bits per heavy atom. The number of hydrogen-bond acceptors (Lipinski definition) is 4. The van der Waals surface area contributed by atoms with E-state index in [0.717, 1.165) is 56.8 Å². The van der Waals surface area contributed by atoms with Gasteiger partial charge in [-0.3, -0.25) is 4.79 Å². The first kappa shape index (κ1) is 19.0. The number of morpholine rings is 1. The van der Waals surface area contributed by atoms with Crippen LogP contribution >= 0.6 is 0 Å². The number of carbonyl (C=O) groups excluding carboxylic acids is 1. The van der Waals surface area contributed by atoms with Crippen LogP contribution in [0.1, 0.15) is 46.5 Å². The number of hydrogen-bond donors (Lipinski definition) is 1. The molecule has 4 nitrogen and oxygen atoms in total. The number of Topliss-reactive ketones (excluding diaryl/α,β-unsaturated/α-hetero) is 1. The molecule has 3 rings (SSSR count). The zero-order valence-electron chi connectivity index (χ0n) is 16.4. The third-order valence-electron chi connectivity index (χ3n) is 6.22. The highest BCUT2D eigenvalue weighted by atomic mass is 16.5. The molecule has 1 aliphatic carbocycles. The Kier molecular flexibility index (Phi) is 6.02. The largest absolute Gasteiger partial charge is 0.378 e. The number of ketones is 1. The van der Waals surface area contributed by atoms with Gasteiger partial charge in [0, 0.05) is 42.7 Å². The Morgan fingerprint density at radius 3 is 2.58 bits per heavy atom. The fraction of sp³-hybridized carbons (Fsp3) is 0.591. The van der Waals surface area contributed by atoms with Gasteiger partial charge in [0.05, 0.1) is 13.2 Å². The number of nitrogens with zero attached hydrogens (tertiary/aromatic N) is 1. The van der Waals surface area contributed by atoms with Crippen molar-refractivity contribution in [3.63, 3.8) is 0 Å². The van der Waals surface area contributed by atoms with Crippen molar-refractivity contribution in [3.05, 3.63) is 36.0 Å². The number of carbonyl (C=O) groups is 1. The summed E-state index contributed by atoms with van der Waals surface area (Å²) in [6, 6.07) is 8.45. The van der Waals surface area contributed by atoms with E-state index in [9.17, 15) is 4.79 Å². The van der Waals surface area contributed by atoms with Crippen LogP contribution in [-0.2, 0) is 9.53 Å². The van der Waals surface area contributed by atoms with Gasteiger partial charge < -0.3 is 15.0 Å². The van der Waals surface area contributed by atoms with Gasteiger partial charge in [-0.15, -0.1) is 0 Å². The summed E-state index contributed by atoms with van der Waals surface area (Å²) in [5, 5.41) is 3.34. The summed E-state index contributed by atoms with van der Waals surface area (Å²) in [7, 11) is 0. The molecule has 1 heterocycles. The molecule has 1 atom stereocenters. The number of anilines is 2. The Balaban J connectivity index is 1.63. The molecule has 1 saturated carbocycles. The second-order valence-electron chi connectivity index (χ2n) is 8.17. The molecular formula is C22H32N2O2. The van der Waals surface area contributed by atoms with Crippen molar-refractivity contribution in [1.29, 1.82) is 0 Å². The molecule has 1 saturated heterocycles. The summed E-state index contributed by atoms with van der Waals surface area (Å²) in [6.07, 6.45) is 5.67. The minimum atomic E-state index is 0.291. The highest BCUT2D eigenvalue weighted by Crippen LogP contribution is 2.41. The lowest BCUT2D eigenvalue weighted by atomic mass is 9.68. The number of nitrogens with one attached hydrogen (secondary N) is 1. The van der Waals surface area contributed by atoms with E-state index < -0.39 is 0 Å². The summed E-state index contributed by atoms with van der Waals surface area (Å²) in [6.45, 7) is 10.4. The molecule has 0 amide bonds. The zero-order valence-corrected chi connectivity index (χ0v) is 16.4. The maximum atomic E-state index is 12.3. The van der Waals surface area contributed by atoms with E-state index in [1.165, 1.54) is 5.69 Å². The molecule has 2 aliphatic rings. The van der Waals surface area contributed by atoms with Gasteiger partial charge in [-0.05, 0) is 48.4 Å². The van der Waals surface area contributed by atoms with E-state index in [2.05, 4.69) is 55.3 Å². The molecule has 1 aliphatic heterocycles. The quantitative estimate of drug-likeness (QED) is 0.782. The van der Waals surface area contributed by atoms with E-state index in [1.807, 2.05) is 6.20 Å². The molecule has 4 heteroatoms. The Hall–Kier alpha value is -1.81. The van der Waals surface area contributed by atoms with Crippen LogP contribution in [0, 0.1) is 11.3 Å². The van der Waals surface area contributed by atoms with Crippen LogP contribution in [0.25, 0.3) is 0 Å². The molecular weight excluding hydrogens is 324 g/mol. The van der Waals surface area contributed by atoms with Crippen molar-refractivity contribution in [2.45, 2.75) is 46.5 Å². The standard InChI is InChI=1S/C22H32N2O2/c1-4-22(2,3)18-5-10-21(25)17(15-18)16-23-19-6-8-20(9-7-19)24-11-13-26-14-12-24/h6-9,16,18,23H,4-5,10-15H2,1-3H3/b17-16+/t18-/m0/s1. The molecule has 2 fully saturated rings. The predicted octanol–water partition coefficient (Wildman–Crippen LogP) is 4.62. The van der Waals surface area contributed by atoms with Crippen LogP contribution in [-0.4, -0.2) is 32.1 Å². The average Bonchev–Trinajstić information content (AvgIpc) is 2.68. The minimum absolute atomic E-state index is 0.291. The lowest BCUT2D eigenvalue weighted by Crippen LogP contribution is -2.36. The Morgan fingerprint density at radius 2 is 1.92 bits per heavy atom. The summed E-state index contributed by atoms with van der Waals surface area (Å²) < 4.78 is 5.41. The van der Waals surface area contributed by atoms with Crippen LogP contribution < -0.4 is 10.2 Å². The first-order chi connectivity index (χ1) is 12.5. The number of benzene rings is 1. The third-order valence-corrected chi connectivity index (χ3v) is 6.22. The van der Waals surface area contributed by atoms with Gasteiger partial charge >= 0.3 is 0 Å². The van der Waals surface area contributed by atoms with Gasteiger partial charge in [0.15, 0.2) is 5.78 Å².